The highest BCUT2D eigenvalue weighted by molar-refractivity contribution is 6.34. The van der Waals surface area contributed by atoms with Crippen molar-refractivity contribution >= 4 is 29.5 Å². The van der Waals surface area contributed by atoms with Crippen molar-refractivity contribution in [3.8, 4) is 0 Å². The van der Waals surface area contributed by atoms with Crippen molar-refractivity contribution in [1.29, 1.82) is 0 Å². The molecular weight excluding hydrogens is 333 g/mol. The maximum absolute atomic E-state index is 11.6. The second-order valence-electron chi connectivity index (χ2n) is 6.99. The number of hydrogen-bond donors (Lipinski definition) is 0. The van der Waals surface area contributed by atoms with Gasteiger partial charge in [-0.25, -0.2) is 0 Å². The zero-order valence-corrected chi connectivity index (χ0v) is 16.7. The Morgan fingerprint density at radius 1 is 0.870 bits per heavy atom. The monoisotopic (exact) mass is 367 g/mol. The average Bonchev–Trinajstić information content (AvgIpc) is 2.50. The van der Waals surface area contributed by atoms with Crippen molar-refractivity contribution < 1.29 is 9.53 Å². The van der Waals surface area contributed by atoms with Crippen LogP contribution in [0, 0.1) is 0 Å². The Kier molecular flexibility index (Phi) is 14.4. The minimum atomic E-state index is -0.560. The highest BCUT2D eigenvalue weighted by atomic mass is 35.5. The Morgan fingerprint density at radius 3 is 1.74 bits per heavy atom. The van der Waals surface area contributed by atoms with Crippen LogP contribution in [0.3, 0.4) is 0 Å². The SMILES string of the molecule is CCCCCCCCCCCCCC(=O)OCC(C)(C)N(Cl)Cl. The lowest BCUT2D eigenvalue weighted by atomic mass is 10.1. The van der Waals surface area contributed by atoms with Crippen LogP contribution in [0.4, 0.5) is 0 Å². The molecule has 23 heavy (non-hydrogen) atoms. The molecule has 0 aromatic carbocycles. The second-order valence-corrected chi connectivity index (χ2v) is 7.84. The fourth-order valence-electron chi connectivity index (χ4n) is 2.31. The van der Waals surface area contributed by atoms with Gasteiger partial charge in [-0.1, -0.05) is 71.1 Å². The summed E-state index contributed by atoms with van der Waals surface area (Å²) in [5.74, 6) is -0.163. The number of hydrogen-bond acceptors (Lipinski definition) is 3. The van der Waals surface area contributed by atoms with E-state index in [2.05, 4.69) is 6.92 Å². The molecule has 0 radical (unpaired) electrons. The minimum Gasteiger partial charge on any atom is -0.464 e. The molecule has 0 amide bonds. The Labute approximate surface area is 153 Å². The Balaban J connectivity index is 3.36. The molecule has 0 fully saturated rings. The summed E-state index contributed by atoms with van der Waals surface area (Å²) in [4.78, 5) is 11.6. The molecule has 0 aliphatic heterocycles. The lowest BCUT2D eigenvalue weighted by Crippen LogP contribution is -2.37. The first-order valence-corrected chi connectivity index (χ1v) is 9.85. The topological polar surface area (TPSA) is 29.5 Å². The quantitative estimate of drug-likeness (QED) is 0.185. The van der Waals surface area contributed by atoms with Crippen LogP contribution in [0.2, 0.25) is 0 Å². The summed E-state index contributed by atoms with van der Waals surface area (Å²) in [6.45, 7) is 6.10. The maximum Gasteiger partial charge on any atom is 0.305 e. The number of esters is 1. The number of ether oxygens (including phenoxy) is 1. The Bertz CT molecular complexity index is 297. The summed E-state index contributed by atoms with van der Waals surface area (Å²) < 4.78 is 6.24. The molecule has 0 aromatic rings. The van der Waals surface area contributed by atoms with Crippen LogP contribution in [-0.2, 0) is 9.53 Å². The molecule has 5 heteroatoms. The van der Waals surface area contributed by atoms with Crippen molar-refractivity contribution in [2.75, 3.05) is 6.61 Å². The van der Waals surface area contributed by atoms with Crippen LogP contribution in [0.25, 0.3) is 0 Å². The van der Waals surface area contributed by atoms with Gasteiger partial charge in [-0.3, -0.25) is 4.79 Å². The van der Waals surface area contributed by atoms with E-state index in [-0.39, 0.29) is 12.6 Å². The molecule has 0 spiro atoms. The van der Waals surface area contributed by atoms with Gasteiger partial charge in [0, 0.05) is 6.42 Å². The number of carbonyl (C=O) groups excluding carboxylic acids is 1. The highest BCUT2D eigenvalue weighted by Crippen LogP contribution is 2.20. The summed E-state index contributed by atoms with van der Waals surface area (Å²) in [5, 5.41) is 0. The van der Waals surface area contributed by atoms with Crippen LogP contribution in [-0.4, -0.2) is 22.1 Å². The van der Waals surface area contributed by atoms with E-state index in [1.807, 2.05) is 13.8 Å². The van der Waals surface area contributed by atoms with E-state index in [1.165, 1.54) is 57.8 Å². The van der Waals surface area contributed by atoms with Crippen LogP contribution in [0.15, 0.2) is 0 Å². The standard InChI is InChI=1S/C18H35Cl2NO2/c1-4-5-6-7-8-9-10-11-12-13-14-15-17(22)23-16-18(2,3)21(19)20/h4-16H2,1-3H3. The summed E-state index contributed by atoms with van der Waals surface area (Å²) in [6, 6.07) is 0. The molecule has 0 rings (SSSR count). The molecule has 0 saturated carbocycles. The molecular formula is C18H35Cl2NO2. The first-order chi connectivity index (χ1) is 10.9. The van der Waals surface area contributed by atoms with Crippen LogP contribution < -0.4 is 0 Å². The molecule has 0 aliphatic carbocycles. The third-order valence-electron chi connectivity index (χ3n) is 4.03. The van der Waals surface area contributed by atoms with Gasteiger partial charge < -0.3 is 4.74 Å². The molecule has 3 nitrogen and oxygen atoms in total. The zero-order chi connectivity index (χ0) is 17.6. The zero-order valence-electron chi connectivity index (χ0n) is 15.2. The van der Waals surface area contributed by atoms with Gasteiger partial charge in [-0.2, -0.15) is 0 Å². The first-order valence-electron chi connectivity index (χ1n) is 9.17. The van der Waals surface area contributed by atoms with Gasteiger partial charge in [0.2, 0.25) is 0 Å². The fourth-order valence-corrected chi connectivity index (χ4v) is 2.41. The molecule has 0 saturated heterocycles. The fraction of sp³-hybridized carbons (Fsp3) is 0.944. The minimum absolute atomic E-state index is 0.163. The Morgan fingerprint density at radius 2 is 1.30 bits per heavy atom. The predicted octanol–water partition coefficient (Wildman–Crippen LogP) is 6.62. The van der Waals surface area contributed by atoms with Crippen LogP contribution in [0.5, 0.6) is 0 Å². The average molecular weight is 368 g/mol. The molecule has 0 unspecified atom stereocenters. The van der Waals surface area contributed by atoms with Crippen molar-refractivity contribution in [3.63, 3.8) is 0 Å². The molecule has 0 aromatic heterocycles. The van der Waals surface area contributed by atoms with E-state index < -0.39 is 5.54 Å². The lowest BCUT2D eigenvalue weighted by Gasteiger charge is -2.26. The van der Waals surface area contributed by atoms with Crippen molar-refractivity contribution in [3.05, 3.63) is 0 Å². The van der Waals surface area contributed by atoms with E-state index in [0.29, 0.717) is 6.42 Å². The maximum atomic E-state index is 11.6. The van der Waals surface area contributed by atoms with Crippen LogP contribution >= 0.6 is 23.6 Å². The number of nitrogens with zero attached hydrogens (tertiary/aromatic N) is 1. The van der Waals surface area contributed by atoms with Crippen molar-refractivity contribution in [1.82, 2.24) is 3.94 Å². The smallest absolute Gasteiger partial charge is 0.305 e. The third-order valence-corrected chi connectivity index (χ3v) is 4.94. The number of unbranched alkanes of at least 4 members (excludes halogenated alkanes) is 10. The number of carbonyl (C=O) groups is 1. The van der Waals surface area contributed by atoms with Gasteiger partial charge >= 0.3 is 5.97 Å². The summed E-state index contributed by atoms with van der Waals surface area (Å²) in [5.41, 5.74) is -0.560. The van der Waals surface area contributed by atoms with Gasteiger partial charge in [0.1, 0.15) is 6.61 Å². The van der Waals surface area contributed by atoms with Crippen molar-refractivity contribution in [2.45, 2.75) is 103 Å². The number of rotatable bonds is 15. The predicted molar refractivity (Wildman–Crippen MR) is 99.7 cm³/mol. The van der Waals surface area contributed by atoms with E-state index >= 15 is 0 Å². The van der Waals surface area contributed by atoms with Crippen LogP contribution in [0.1, 0.15) is 97.8 Å². The summed E-state index contributed by atoms with van der Waals surface area (Å²) in [7, 11) is 0. The van der Waals surface area contributed by atoms with Gasteiger partial charge in [-0.15, -0.1) is 3.94 Å². The highest BCUT2D eigenvalue weighted by Gasteiger charge is 2.26. The molecule has 0 atom stereocenters. The van der Waals surface area contributed by atoms with Crippen molar-refractivity contribution in [2.24, 2.45) is 0 Å². The number of halogens is 2. The molecule has 0 heterocycles. The molecule has 138 valence electrons. The summed E-state index contributed by atoms with van der Waals surface area (Å²) in [6.07, 6.45) is 14.5. The van der Waals surface area contributed by atoms with E-state index in [9.17, 15) is 4.79 Å². The van der Waals surface area contributed by atoms with E-state index in [4.69, 9.17) is 28.3 Å². The normalized spacial score (nSPS) is 11.9. The van der Waals surface area contributed by atoms with Gasteiger partial charge in [-0.05, 0) is 43.8 Å². The van der Waals surface area contributed by atoms with E-state index in [0.717, 1.165) is 16.8 Å². The molecule has 0 bridgehead atoms. The first kappa shape index (κ1) is 23.0. The third kappa shape index (κ3) is 14.1. The van der Waals surface area contributed by atoms with Gasteiger partial charge in [0.05, 0.1) is 5.54 Å². The lowest BCUT2D eigenvalue weighted by molar-refractivity contribution is -0.146. The Hall–Kier alpha value is 0.01000. The summed E-state index contributed by atoms with van der Waals surface area (Å²) >= 11 is 11.4. The second kappa shape index (κ2) is 14.4. The molecule has 0 aliphatic rings. The van der Waals surface area contributed by atoms with E-state index in [1.54, 1.807) is 0 Å². The van der Waals surface area contributed by atoms with Gasteiger partial charge in [0.25, 0.3) is 0 Å². The molecule has 0 N–H and O–H groups in total. The largest absolute Gasteiger partial charge is 0.464 e. The van der Waals surface area contributed by atoms with Gasteiger partial charge in [0.15, 0.2) is 0 Å².